The minimum Gasteiger partial charge on any atom is -0.394 e. The molecular formula is C39H60N2O13. The highest BCUT2D eigenvalue weighted by Gasteiger charge is 2.44. The zero-order chi connectivity index (χ0) is 40.1. The first kappa shape index (κ1) is 45.3. The van der Waals surface area contributed by atoms with Crippen molar-refractivity contribution < 1.29 is 63.6 Å². The Balaban J connectivity index is 1.78. The van der Waals surface area contributed by atoms with Crippen LogP contribution in [0.4, 0.5) is 0 Å². The molecule has 1 amide bonds. The third-order valence-corrected chi connectivity index (χ3v) is 10.1. The Hall–Kier alpha value is -3.09. The summed E-state index contributed by atoms with van der Waals surface area (Å²) in [6.07, 6.45) is 1.05. The molecule has 0 unspecified atom stereocenters. The number of carbonyl (C=O) groups is 3. The molecule has 3 aliphatic rings. The van der Waals surface area contributed by atoms with Gasteiger partial charge in [-0.25, -0.2) is 0 Å². The van der Waals surface area contributed by atoms with Gasteiger partial charge in [0.2, 0.25) is 11.6 Å². The molecule has 3 rings (SSSR count). The molecule has 0 saturated carbocycles. The topological polar surface area (TPSA) is 223 Å². The number of fused-ring (bicyclic) bond motifs is 2. The molecule has 0 aromatic heterocycles. The monoisotopic (exact) mass is 764 g/mol. The Morgan fingerprint density at radius 2 is 1.65 bits per heavy atom. The largest absolute Gasteiger partial charge is 0.394 e. The lowest BCUT2D eigenvalue weighted by molar-refractivity contribution is -0.301. The number of methoxy groups -OCH3 is 3. The van der Waals surface area contributed by atoms with Gasteiger partial charge in [-0.1, -0.05) is 38.2 Å². The lowest BCUT2D eigenvalue weighted by Gasteiger charge is -2.39. The fourth-order valence-electron chi connectivity index (χ4n) is 6.84. The molecule has 7 N–H and O–H groups in total. The van der Waals surface area contributed by atoms with Gasteiger partial charge >= 0.3 is 0 Å². The predicted molar refractivity (Wildman–Crippen MR) is 197 cm³/mol. The predicted octanol–water partition coefficient (Wildman–Crippen LogP) is 0.890. The molecule has 54 heavy (non-hydrogen) atoms. The second-order valence-electron chi connectivity index (χ2n) is 14.3. The Morgan fingerprint density at radius 3 is 2.30 bits per heavy atom. The zero-order valence-corrected chi connectivity index (χ0v) is 32.4. The van der Waals surface area contributed by atoms with Gasteiger partial charge in [0.25, 0.3) is 5.91 Å². The van der Waals surface area contributed by atoms with Crippen LogP contribution in [0.2, 0.25) is 0 Å². The normalized spacial score (nSPS) is 36.1. The van der Waals surface area contributed by atoms with Crippen molar-refractivity contribution in [2.24, 2.45) is 11.8 Å². The van der Waals surface area contributed by atoms with Crippen molar-refractivity contribution in [2.45, 2.75) is 115 Å². The van der Waals surface area contributed by atoms with E-state index < -0.39 is 79.2 Å². The molecule has 0 spiro atoms. The Bertz CT molecular complexity index is 1440. The highest BCUT2D eigenvalue weighted by molar-refractivity contribution is 6.23. The second-order valence-corrected chi connectivity index (χ2v) is 14.3. The van der Waals surface area contributed by atoms with E-state index in [1.54, 1.807) is 39.4 Å². The number of ketones is 2. The van der Waals surface area contributed by atoms with Gasteiger partial charge in [-0.2, -0.15) is 0 Å². The first-order valence-electron chi connectivity index (χ1n) is 18.5. The molecule has 1 fully saturated rings. The van der Waals surface area contributed by atoms with E-state index >= 15 is 0 Å². The summed E-state index contributed by atoms with van der Waals surface area (Å²) < 4.78 is 28.1. The Morgan fingerprint density at radius 1 is 0.926 bits per heavy atom. The smallest absolute Gasteiger partial charge is 0.251 e. The van der Waals surface area contributed by atoms with E-state index in [1.807, 2.05) is 26.8 Å². The van der Waals surface area contributed by atoms with Gasteiger partial charge < -0.3 is 59.9 Å². The summed E-state index contributed by atoms with van der Waals surface area (Å²) in [4.78, 5) is 40.6. The number of hydrogen-bond donors (Lipinski definition) is 7. The molecule has 304 valence electrons. The quantitative estimate of drug-likeness (QED) is 0.0834. The molecular weight excluding hydrogens is 704 g/mol. The average molecular weight is 765 g/mol. The van der Waals surface area contributed by atoms with E-state index in [1.165, 1.54) is 7.11 Å². The number of amides is 1. The minimum atomic E-state index is -1.53. The first-order valence-corrected chi connectivity index (χ1v) is 18.5. The average Bonchev–Trinajstić information content (AvgIpc) is 3.14. The standard InChI is InChI=1S/C39H60N2O13/c1-21-16-25-31(40-14-9-8-10-15-53-39-36(48)35(47)34(46)30(20-42)54-39)27(43)19-26(33(25)45)41-38(49)22(2)12-11-13-28(50-5)37(52-7)24(4)18-23(3)32(44)29(17-21)51-6/h11-13,18-19,21,23,28-30,32,34-37,39-40,42,44,46-48H,8-10,14-17,20H2,1-7H3,(H,41,49)/b13-11+,22-12-,24-18-/t21-,23+,28+,29+,30-,32-,34+,35+,36-,37-,39-/m1/s1. The van der Waals surface area contributed by atoms with Crippen molar-refractivity contribution in [2.75, 3.05) is 41.1 Å². The van der Waals surface area contributed by atoms with E-state index in [0.29, 0.717) is 37.8 Å². The van der Waals surface area contributed by atoms with Crippen LogP contribution in [-0.4, -0.2) is 139 Å². The molecule has 15 nitrogen and oxygen atoms in total. The summed E-state index contributed by atoms with van der Waals surface area (Å²) in [5.74, 6) is -2.06. The van der Waals surface area contributed by atoms with Crippen LogP contribution in [0.15, 0.2) is 58.5 Å². The summed E-state index contributed by atoms with van der Waals surface area (Å²) in [5.41, 5.74) is 1.35. The molecule has 0 aromatic rings. The van der Waals surface area contributed by atoms with E-state index in [2.05, 4.69) is 10.6 Å². The summed E-state index contributed by atoms with van der Waals surface area (Å²) in [6, 6.07) is 0. The van der Waals surface area contributed by atoms with Crippen LogP contribution < -0.4 is 10.6 Å². The molecule has 11 atom stereocenters. The molecule has 2 bridgehead atoms. The molecule has 1 aliphatic carbocycles. The Kier molecular flexibility index (Phi) is 18.3. The summed E-state index contributed by atoms with van der Waals surface area (Å²) in [5, 5.41) is 56.6. The summed E-state index contributed by atoms with van der Waals surface area (Å²) >= 11 is 0. The van der Waals surface area contributed by atoms with Crippen molar-refractivity contribution in [3.05, 3.63) is 58.5 Å². The Labute approximate surface area is 317 Å². The van der Waals surface area contributed by atoms with Crippen LogP contribution in [0.1, 0.15) is 59.8 Å². The number of hydrogen-bond acceptors (Lipinski definition) is 14. The number of aliphatic hydroxyl groups is 5. The molecule has 15 heteroatoms. The van der Waals surface area contributed by atoms with Crippen molar-refractivity contribution in [1.82, 2.24) is 10.6 Å². The van der Waals surface area contributed by atoms with Crippen LogP contribution >= 0.6 is 0 Å². The molecule has 1 saturated heterocycles. The molecule has 0 radical (unpaired) electrons. The molecule has 2 heterocycles. The van der Waals surface area contributed by atoms with Crippen LogP contribution in [0.5, 0.6) is 0 Å². The van der Waals surface area contributed by atoms with Crippen LogP contribution in [0.25, 0.3) is 0 Å². The second kappa shape index (κ2) is 21.9. The number of Topliss-reactive ketones (excluding diaryl/α,β-unsaturated/α-hetero) is 1. The lowest BCUT2D eigenvalue weighted by Crippen LogP contribution is -2.59. The lowest BCUT2D eigenvalue weighted by atomic mass is 9.85. The third kappa shape index (κ3) is 12.0. The zero-order valence-electron chi connectivity index (χ0n) is 32.4. The van der Waals surface area contributed by atoms with Crippen molar-refractivity contribution in [3.63, 3.8) is 0 Å². The highest BCUT2D eigenvalue weighted by atomic mass is 16.7. The van der Waals surface area contributed by atoms with Crippen molar-refractivity contribution in [1.29, 1.82) is 0 Å². The van der Waals surface area contributed by atoms with Crippen LogP contribution in [-0.2, 0) is 38.1 Å². The molecule has 0 aromatic carbocycles. The maximum absolute atomic E-state index is 13.9. The van der Waals surface area contributed by atoms with E-state index in [9.17, 15) is 39.9 Å². The van der Waals surface area contributed by atoms with Gasteiger partial charge in [-0.05, 0) is 57.4 Å². The number of ether oxygens (including phenoxy) is 5. The van der Waals surface area contributed by atoms with Gasteiger partial charge in [0.15, 0.2) is 6.29 Å². The van der Waals surface area contributed by atoms with Crippen molar-refractivity contribution in [3.8, 4) is 0 Å². The van der Waals surface area contributed by atoms with Gasteiger partial charge in [-0.3, -0.25) is 14.4 Å². The number of carbonyl (C=O) groups excluding carboxylic acids is 3. The fraction of sp³-hybridized carbons (Fsp3) is 0.667. The van der Waals surface area contributed by atoms with Gasteiger partial charge in [-0.15, -0.1) is 0 Å². The number of unbranched alkanes of at least 4 members (excludes halogenated alkanes) is 2. The maximum Gasteiger partial charge on any atom is 0.251 e. The first-order chi connectivity index (χ1) is 25.7. The van der Waals surface area contributed by atoms with Gasteiger partial charge in [0.1, 0.15) is 36.6 Å². The number of nitrogens with one attached hydrogen (secondary N) is 2. The number of rotatable bonds is 12. The van der Waals surface area contributed by atoms with Gasteiger partial charge in [0.05, 0.1) is 30.2 Å². The summed E-state index contributed by atoms with van der Waals surface area (Å²) in [7, 11) is 4.64. The van der Waals surface area contributed by atoms with Crippen molar-refractivity contribution >= 4 is 17.5 Å². The highest BCUT2D eigenvalue weighted by Crippen LogP contribution is 2.29. The minimum absolute atomic E-state index is 0.135. The maximum atomic E-state index is 13.9. The van der Waals surface area contributed by atoms with E-state index in [0.717, 1.165) is 11.6 Å². The van der Waals surface area contributed by atoms with Crippen LogP contribution in [0.3, 0.4) is 0 Å². The fourth-order valence-corrected chi connectivity index (χ4v) is 6.84. The van der Waals surface area contributed by atoms with Crippen LogP contribution in [0, 0.1) is 11.8 Å². The summed E-state index contributed by atoms with van der Waals surface area (Å²) in [6.45, 7) is 7.22. The van der Waals surface area contributed by atoms with E-state index in [4.69, 9.17) is 23.7 Å². The third-order valence-electron chi connectivity index (χ3n) is 10.1. The van der Waals surface area contributed by atoms with Gasteiger partial charge in [0, 0.05) is 57.6 Å². The number of aliphatic hydroxyl groups excluding tert-OH is 5. The number of allylic oxidation sites excluding steroid dienone is 4. The molecule has 2 aliphatic heterocycles. The SMILES string of the molecule is CO[C@H]1/C=C/C=C(/C)C(=O)NC2=CC(=O)C(NCCCCCO[C@@H]3O[C@H](CO)[C@H](O)[C@H](O)[C@H]3O)=C(C[C@@H](C)C[C@H](OC)[C@H](O)[C@@H](C)/C=C(/C)[C@H]1OC)C2=O. The van der Waals surface area contributed by atoms with E-state index in [-0.39, 0.29) is 41.8 Å².